The van der Waals surface area contributed by atoms with Crippen LogP contribution in [0.5, 0.6) is 17.6 Å². The van der Waals surface area contributed by atoms with Gasteiger partial charge in [-0.2, -0.15) is 9.97 Å². The Morgan fingerprint density at radius 2 is 1.91 bits per heavy atom. The Morgan fingerprint density at radius 3 is 2.72 bits per heavy atom. The molecule has 2 aromatic heterocycles. The molecule has 2 aromatic carbocycles. The van der Waals surface area contributed by atoms with Gasteiger partial charge in [0.2, 0.25) is 5.88 Å². The third-order valence-electron chi connectivity index (χ3n) is 10.7. The van der Waals surface area contributed by atoms with Gasteiger partial charge in [0, 0.05) is 31.0 Å². The Hall–Kier alpha value is -4.30. The third kappa shape index (κ3) is 4.37. The maximum Gasteiger partial charge on any atom is 0.319 e. The number of ether oxygens (including phenoxy) is 2. The number of rotatable bonds is 4. The number of aromatic nitrogens is 3. The van der Waals surface area contributed by atoms with Gasteiger partial charge in [-0.25, -0.2) is 18.2 Å². The molecule has 1 N–H and O–H groups in total. The van der Waals surface area contributed by atoms with E-state index in [1.54, 1.807) is 0 Å². The maximum atomic E-state index is 17.0. The van der Waals surface area contributed by atoms with E-state index in [4.69, 9.17) is 20.9 Å². The molecule has 8 nitrogen and oxygen atoms in total. The minimum Gasteiger partial charge on any atom is -0.508 e. The van der Waals surface area contributed by atoms with Crippen molar-refractivity contribution in [3.63, 3.8) is 0 Å². The topological polar surface area (TPSA) is 83.8 Å². The van der Waals surface area contributed by atoms with E-state index in [1.165, 1.54) is 24.3 Å². The molecule has 3 fully saturated rings. The fourth-order valence-corrected chi connectivity index (χ4v) is 8.31. The van der Waals surface area contributed by atoms with E-state index in [0.29, 0.717) is 36.2 Å². The number of alkyl halides is 1. The molecule has 4 aromatic rings. The van der Waals surface area contributed by atoms with Crippen LogP contribution in [0.2, 0.25) is 0 Å². The van der Waals surface area contributed by atoms with Crippen molar-refractivity contribution in [3.8, 4) is 41.2 Å². The van der Waals surface area contributed by atoms with Crippen molar-refractivity contribution in [2.45, 2.75) is 68.6 Å². The lowest BCUT2D eigenvalue weighted by atomic mass is 9.81. The molecule has 1 saturated carbocycles. The largest absolute Gasteiger partial charge is 0.508 e. The molecule has 2 atom stereocenters. The van der Waals surface area contributed by atoms with Gasteiger partial charge < -0.3 is 19.5 Å². The normalized spacial score (nSPS) is 23.8. The summed E-state index contributed by atoms with van der Waals surface area (Å²) in [7, 11) is 1.94. The Morgan fingerprint density at radius 1 is 1.09 bits per heavy atom. The average molecular weight is 630 g/mol. The molecule has 0 radical (unpaired) electrons. The SMILES string of the molecule is C#Cc1c(F)ccc2cc(O)cc(-c3nc4c5c(nc(OC[C@@]67CCCN6C[C@H](F)C7)nc5c3F)N(C)C3(CCCCC3)CO4)c12. The summed E-state index contributed by atoms with van der Waals surface area (Å²) >= 11 is 0. The average Bonchev–Trinajstić information content (AvgIpc) is 3.55. The van der Waals surface area contributed by atoms with Crippen molar-refractivity contribution in [1.29, 1.82) is 0 Å². The number of hydrogen-bond donors (Lipinski definition) is 1. The van der Waals surface area contributed by atoms with E-state index in [2.05, 4.69) is 25.7 Å². The lowest BCUT2D eigenvalue weighted by Crippen LogP contribution is -2.52. The summed E-state index contributed by atoms with van der Waals surface area (Å²) in [6.07, 6.45) is 11.7. The summed E-state index contributed by atoms with van der Waals surface area (Å²) < 4.78 is 59.1. The number of aromatic hydroxyl groups is 1. The molecule has 238 valence electrons. The number of anilines is 1. The number of halogens is 3. The smallest absolute Gasteiger partial charge is 0.319 e. The van der Waals surface area contributed by atoms with Crippen molar-refractivity contribution in [2.24, 2.45) is 0 Å². The summed E-state index contributed by atoms with van der Waals surface area (Å²) in [4.78, 5) is 18.3. The number of hydrogen-bond acceptors (Lipinski definition) is 8. The summed E-state index contributed by atoms with van der Waals surface area (Å²) in [5.41, 5.74) is -1.09. The highest BCUT2D eigenvalue weighted by Crippen LogP contribution is 2.47. The zero-order valence-electron chi connectivity index (χ0n) is 25.6. The van der Waals surface area contributed by atoms with Gasteiger partial charge >= 0.3 is 6.01 Å². The van der Waals surface area contributed by atoms with Crippen LogP contribution in [-0.2, 0) is 0 Å². The van der Waals surface area contributed by atoms with Crippen molar-refractivity contribution in [3.05, 3.63) is 41.5 Å². The lowest BCUT2D eigenvalue weighted by Gasteiger charge is -2.43. The quantitative estimate of drug-likeness (QED) is 0.264. The van der Waals surface area contributed by atoms with Gasteiger partial charge in [0.15, 0.2) is 5.82 Å². The number of benzene rings is 2. The second kappa shape index (κ2) is 10.6. The van der Waals surface area contributed by atoms with Crippen LogP contribution in [0.1, 0.15) is 56.9 Å². The standard InChI is InChI=1S/C35H34F3N5O3/c1-3-23-25(37)9-8-20-14-22(44)15-24(26(20)23)29-28(38)30-27-31(42(2)34(10-5-4-6-11-34)18-45-32(27)39-29)41-33(40-30)46-19-35-12-7-13-43(35)17-21(36)16-35/h1,8-9,14-15,21,44H,4-7,10-13,16-19H2,2H3/t21-,35+/m1/s1. The van der Waals surface area contributed by atoms with Crippen molar-refractivity contribution in [2.75, 3.05) is 38.3 Å². The predicted molar refractivity (Wildman–Crippen MR) is 168 cm³/mol. The Labute approximate surface area is 264 Å². The second-order valence-electron chi connectivity index (χ2n) is 13.3. The number of pyridine rings is 1. The molecule has 1 spiro atoms. The lowest BCUT2D eigenvalue weighted by molar-refractivity contribution is 0.107. The molecule has 1 aliphatic carbocycles. The maximum absolute atomic E-state index is 17.0. The van der Waals surface area contributed by atoms with Gasteiger partial charge in [0.25, 0.3) is 0 Å². The summed E-state index contributed by atoms with van der Waals surface area (Å²) in [5.74, 6) is 1.33. The first-order valence-electron chi connectivity index (χ1n) is 15.9. The van der Waals surface area contributed by atoms with E-state index in [0.717, 1.165) is 51.5 Å². The van der Waals surface area contributed by atoms with E-state index < -0.39 is 28.9 Å². The monoisotopic (exact) mass is 629 g/mol. The molecule has 2 saturated heterocycles. The van der Waals surface area contributed by atoms with Crippen LogP contribution in [0, 0.1) is 24.0 Å². The van der Waals surface area contributed by atoms with Crippen LogP contribution in [-0.4, -0.2) is 75.6 Å². The zero-order chi connectivity index (χ0) is 31.8. The van der Waals surface area contributed by atoms with Crippen LogP contribution in [0.25, 0.3) is 32.9 Å². The van der Waals surface area contributed by atoms with Gasteiger partial charge in [0.05, 0.1) is 16.6 Å². The number of terminal acetylenes is 1. The minimum absolute atomic E-state index is 0.0242. The molecule has 8 rings (SSSR count). The Kier molecular flexibility index (Phi) is 6.73. The number of phenols is 1. The summed E-state index contributed by atoms with van der Waals surface area (Å²) in [5, 5.41) is 11.6. The van der Waals surface area contributed by atoms with Gasteiger partial charge in [0.1, 0.15) is 53.4 Å². The molecular weight excluding hydrogens is 595 g/mol. The molecule has 3 aliphatic heterocycles. The first-order chi connectivity index (χ1) is 22.2. The summed E-state index contributed by atoms with van der Waals surface area (Å²) in [6, 6.07) is 5.42. The highest BCUT2D eigenvalue weighted by molar-refractivity contribution is 6.04. The number of fused-ring (bicyclic) bond motifs is 2. The highest BCUT2D eigenvalue weighted by atomic mass is 19.1. The van der Waals surface area contributed by atoms with Gasteiger partial charge in [-0.3, -0.25) is 4.90 Å². The van der Waals surface area contributed by atoms with Crippen LogP contribution in [0.4, 0.5) is 19.0 Å². The van der Waals surface area contributed by atoms with Crippen molar-refractivity contribution < 1.29 is 27.8 Å². The van der Waals surface area contributed by atoms with Gasteiger partial charge in [-0.15, -0.1) is 6.42 Å². The van der Waals surface area contributed by atoms with Crippen molar-refractivity contribution in [1.82, 2.24) is 19.9 Å². The molecule has 46 heavy (non-hydrogen) atoms. The fourth-order valence-electron chi connectivity index (χ4n) is 8.31. The first-order valence-corrected chi connectivity index (χ1v) is 15.9. The third-order valence-corrected chi connectivity index (χ3v) is 10.7. The van der Waals surface area contributed by atoms with Crippen molar-refractivity contribution >= 4 is 27.5 Å². The molecule has 11 heteroatoms. The number of likely N-dealkylation sites (N-methyl/N-ethyl adjacent to an activating group) is 1. The molecule has 4 aliphatic rings. The van der Waals surface area contributed by atoms with E-state index in [1.807, 2.05) is 7.05 Å². The molecule has 0 bridgehead atoms. The van der Waals surface area contributed by atoms with E-state index in [9.17, 15) is 13.9 Å². The fraction of sp³-hybridized carbons (Fsp3) is 0.457. The molecule has 0 unspecified atom stereocenters. The summed E-state index contributed by atoms with van der Waals surface area (Å²) in [6.45, 7) is 1.66. The van der Waals surface area contributed by atoms with Crippen LogP contribution in [0.15, 0.2) is 24.3 Å². The highest BCUT2D eigenvalue weighted by Gasteiger charge is 2.49. The minimum atomic E-state index is -0.927. The Balaban J connectivity index is 1.34. The van der Waals surface area contributed by atoms with Gasteiger partial charge in [-0.05, 0) is 55.8 Å². The zero-order valence-corrected chi connectivity index (χ0v) is 25.6. The predicted octanol–water partition coefficient (Wildman–Crippen LogP) is 6.30. The number of phenolic OH excluding ortho intramolecular Hbond substituents is 1. The van der Waals surface area contributed by atoms with E-state index >= 15 is 4.39 Å². The van der Waals surface area contributed by atoms with Gasteiger partial charge in [-0.1, -0.05) is 31.2 Å². The Bertz CT molecular complexity index is 1940. The van der Waals surface area contributed by atoms with E-state index in [-0.39, 0.29) is 52.0 Å². The molecule has 0 amide bonds. The second-order valence-corrected chi connectivity index (χ2v) is 13.3. The first kappa shape index (κ1) is 29.1. The molecular formula is C35H34F3N5O3. The van der Waals surface area contributed by atoms with Crippen LogP contribution >= 0.6 is 0 Å². The number of nitrogens with zero attached hydrogens (tertiary/aromatic N) is 5. The molecule has 5 heterocycles. The van der Waals surface area contributed by atoms with Crippen LogP contribution < -0.4 is 14.4 Å². The van der Waals surface area contributed by atoms with Crippen LogP contribution in [0.3, 0.4) is 0 Å².